The van der Waals surface area contributed by atoms with Crippen LogP contribution in [0.25, 0.3) is 10.9 Å². The Kier molecular flexibility index (Phi) is 3.86. The quantitative estimate of drug-likeness (QED) is 0.724. The molecule has 2 aromatic carbocycles. The van der Waals surface area contributed by atoms with E-state index in [4.69, 9.17) is 11.6 Å². The van der Waals surface area contributed by atoms with Gasteiger partial charge in [-0.2, -0.15) is 0 Å². The lowest BCUT2D eigenvalue weighted by Crippen LogP contribution is -2.11. The molecule has 0 saturated heterocycles. The van der Waals surface area contributed by atoms with Crippen LogP contribution in [-0.2, 0) is 5.75 Å². The second-order valence-corrected chi connectivity index (χ2v) is 5.88. The minimum Gasteiger partial charge on any atom is -0.507 e. The number of H-pyrrole nitrogens is 1. The van der Waals surface area contributed by atoms with Crippen molar-refractivity contribution in [3.63, 3.8) is 0 Å². The van der Waals surface area contributed by atoms with Crippen LogP contribution in [0.15, 0.2) is 52.2 Å². The number of benzene rings is 2. The number of aromatic hydroxyl groups is 1. The molecule has 1 aromatic heterocycles. The van der Waals surface area contributed by atoms with E-state index in [1.165, 1.54) is 11.8 Å². The van der Waals surface area contributed by atoms with E-state index < -0.39 is 0 Å². The van der Waals surface area contributed by atoms with E-state index in [1.54, 1.807) is 30.3 Å². The Morgan fingerprint density at radius 3 is 2.86 bits per heavy atom. The number of aromatic amines is 1. The first kappa shape index (κ1) is 14.0. The molecule has 0 aliphatic rings. The number of nitrogens with one attached hydrogen (secondary N) is 1. The van der Waals surface area contributed by atoms with Crippen LogP contribution in [0.2, 0.25) is 5.02 Å². The third kappa shape index (κ3) is 3.04. The van der Waals surface area contributed by atoms with Gasteiger partial charge >= 0.3 is 0 Å². The van der Waals surface area contributed by atoms with Crippen LogP contribution in [0.4, 0.5) is 0 Å². The van der Waals surface area contributed by atoms with Gasteiger partial charge in [0.25, 0.3) is 5.56 Å². The van der Waals surface area contributed by atoms with Crippen molar-refractivity contribution < 1.29 is 5.11 Å². The highest BCUT2D eigenvalue weighted by molar-refractivity contribution is 7.98. The molecule has 6 heteroatoms. The molecular formula is C15H11ClN2O2S. The van der Waals surface area contributed by atoms with E-state index >= 15 is 0 Å². The summed E-state index contributed by atoms with van der Waals surface area (Å²) in [5.41, 5.74) is 0.395. The van der Waals surface area contributed by atoms with Gasteiger partial charge in [0.1, 0.15) is 11.6 Å². The topological polar surface area (TPSA) is 66.0 Å². The summed E-state index contributed by atoms with van der Waals surface area (Å²) in [4.78, 5) is 19.9. The lowest BCUT2D eigenvalue weighted by atomic mass is 10.2. The fourth-order valence-corrected chi connectivity index (χ4v) is 2.94. The van der Waals surface area contributed by atoms with E-state index in [1.807, 2.05) is 12.1 Å². The number of hydrogen-bond donors (Lipinski definition) is 2. The van der Waals surface area contributed by atoms with Gasteiger partial charge in [-0.3, -0.25) is 4.79 Å². The van der Waals surface area contributed by atoms with Crippen LogP contribution in [0, 0.1) is 0 Å². The molecule has 4 nitrogen and oxygen atoms in total. The van der Waals surface area contributed by atoms with Gasteiger partial charge in [0.05, 0.1) is 16.7 Å². The normalized spacial score (nSPS) is 10.9. The Labute approximate surface area is 129 Å². The molecule has 0 saturated carbocycles. The average Bonchev–Trinajstić information content (AvgIpc) is 2.47. The number of phenolic OH excluding ortho intramolecular Hbond substituents is 1. The summed E-state index contributed by atoms with van der Waals surface area (Å²) in [6.45, 7) is 0. The molecule has 0 aliphatic carbocycles. The van der Waals surface area contributed by atoms with E-state index in [0.717, 1.165) is 4.90 Å². The van der Waals surface area contributed by atoms with Gasteiger partial charge in [0, 0.05) is 9.92 Å². The molecule has 1 heterocycles. The third-order valence-electron chi connectivity index (χ3n) is 2.95. The standard InChI is InChI=1S/C15H11ClN2O2S/c16-9-5-6-11-10(7-9)15(20)18-14(17-11)8-21-13-4-2-1-3-12(13)19/h1-7,19H,8H2,(H,17,18,20). The molecule has 0 atom stereocenters. The van der Waals surface area contributed by atoms with Gasteiger partial charge in [-0.15, -0.1) is 11.8 Å². The maximum Gasteiger partial charge on any atom is 0.258 e. The minimum atomic E-state index is -0.213. The lowest BCUT2D eigenvalue weighted by Gasteiger charge is -2.05. The summed E-state index contributed by atoms with van der Waals surface area (Å²) in [6.07, 6.45) is 0. The molecule has 106 valence electrons. The van der Waals surface area contributed by atoms with Gasteiger partial charge in [-0.25, -0.2) is 4.98 Å². The predicted molar refractivity (Wildman–Crippen MR) is 85.0 cm³/mol. The fourth-order valence-electron chi connectivity index (χ4n) is 1.95. The van der Waals surface area contributed by atoms with Crippen LogP contribution >= 0.6 is 23.4 Å². The summed E-state index contributed by atoms with van der Waals surface area (Å²) in [7, 11) is 0. The number of aromatic nitrogens is 2. The number of fused-ring (bicyclic) bond motifs is 1. The third-order valence-corrected chi connectivity index (χ3v) is 4.26. The van der Waals surface area contributed by atoms with Crippen LogP contribution in [0.3, 0.4) is 0 Å². The lowest BCUT2D eigenvalue weighted by molar-refractivity contribution is 0.462. The van der Waals surface area contributed by atoms with E-state index in [2.05, 4.69) is 9.97 Å². The van der Waals surface area contributed by atoms with E-state index in [9.17, 15) is 9.90 Å². The Morgan fingerprint density at radius 2 is 2.05 bits per heavy atom. The number of nitrogens with zero attached hydrogens (tertiary/aromatic N) is 1. The molecule has 0 spiro atoms. The highest BCUT2D eigenvalue weighted by atomic mass is 35.5. The molecule has 0 fully saturated rings. The molecule has 2 N–H and O–H groups in total. The largest absolute Gasteiger partial charge is 0.507 e. The molecule has 21 heavy (non-hydrogen) atoms. The molecular weight excluding hydrogens is 308 g/mol. The number of thioether (sulfide) groups is 1. The number of halogens is 1. The van der Waals surface area contributed by atoms with Gasteiger partial charge in [0.15, 0.2) is 0 Å². The van der Waals surface area contributed by atoms with Gasteiger partial charge in [0.2, 0.25) is 0 Å². The van der Waals surface area contributed by atoms with E-state index in [0.29, 0.717) is 27.5 Å². The number of phenols is 1. The zero-order valence-corrected chi connectivity index (χ0v) is 12.4. The highest BCUT2D eigenvalue weighted by Gasteiger charge is 2.06. The number of rotatable bonds is 3. The SMILES string of the molecule is O=c1[nH]c(CSc2ccccc2O)nc2ccc(Cl)cc12. The zero-order chi connectivity index (χ0) is 14.8. The first-order chi connectivity index (χ1) is 10.1. The summed E-state index contributed by atoms with van der Waals surface area (Å²) >= 11 is 7.29. The number of para-hydroxylation sites is 1. The van der Waals surface area contributed by atoms with Crippen molar-refractivity contribution in [2.24, 2.45) is 0 Å². The van der Waals surface area contributed by atoms with Crippen LogP contribution in [0.5, 0.6) is 5.75 Å². The maximum absolute atomic E-state index is 12.0. The minimum absolute atomic E-state index is 0.213. The van der Waals surface area contributed by atoms with Crippen molar-refractivity contribution in [3.8, 4) is 5.75 Å². The Balaban J connectivity index is 1.90. The second kappa shape index (κ2) is 5.79. The molecule has 0 unspecified atom stereocenters. The Bertz CT molecular complexity index is 864. The first-order valence-electron chi connectivity index (χ1n) is 6.23. The monoisotopic (exact) mass is 318 g/mol. The predicted octanol–water partition coefficient (Wildman–Crippen LogP) is 3.57. The Hall–Kier alpha value is -1.98. The molecule has 0 aliphatic heterocycles. The highest BCUT2D eigenvalue weighted by Crippen LogP contribution is 2.29. The zero-order valence-electron chi connectivity index (χ0n) is 10.8. The van der Waals surface area contributed by atoms with Gasteiger partial charge < -0.3 is 10.1 Å². The first-order valence-corrected chi connectivity index (χ1v) is 7.59. The van der Waals surface area contributed by atoms with Crippen molar-refractivity contribution >= 4 is 34.3 Å². The Morgan fingerprint density at radius 1 is 1.24 bits per heavy atom. The van der Waals surface area contributed by atoms with Crippen molar-refractivity contribution in [1.29, 1.82) is 0 Å². The van der Waals surface area contributed by atoms with Gasteiger partial charge in [-0.05, 0) is 30.3 Å². The molecule has 0 amide bonds. The molecule has 3 aromatic rings. The maximum atomic E-state index is 12.0. The number of hydrogen-bond acceptors (Lipinski definition) is 4. The van der Waals surface area contributed by atoms with Gasteiger partial charge in [-0.1, -0.05) is 23.7 Å². The molecule has 0 radical (unpaired) electrons. The molecule has 3 rings (SSSR count). The summed E-state index contributed by atoms with van der Waals surface area (Å²) in [5.74, 6) is 1.24. The summed E-state index contributed by atoms with van der Waals surface area (Å²) in [5, 5.41) is 10.7. The van der Waals surface area contributed by atoms with Crippen molar-refractivity contribution in [2.75, 3.05) is 0 Å². The van der Waals surface area contributed by atoms with E-state index in [-0.39, 0.29) is 11.3 Å². The van der Waals surface area contributed by atoms with Crippen LogP contribution in [-0.4, -0.2) is 15.1 Å². The van der Waals surface area contributed by atoms with Crippen molar-refractivity contribution in [3.05, 3.63) is 63.7 Å². The molecule has 0 bridgehead atoms. The van der Waals surface area contributed by atoms with Crippen molar-refractivity contribution in [1.82, 2.24) is 9.97 Å². The van der Waals surface area contributed by atoms with Crippen molar-refractivity contribution in [2.45, 2.75) is 10.6 Å². The average molecular weight is 319 g/mol. The summed E-state index contributed by atoms with van der Waals surface area (Å²) in [6, 6.07) is 12.1. The fraction of sp³-hybridized carbons (Fsp3) is 0.0667. The van der Waals surface area contributed by atoms with Crippen LogP contribution < -0.4 is 5.56 Å². The van der Waals surface area contributed by atoms with Crippen LogP contribution in [0.1, 0.15) is 5.82 Å². The smallest absolute Gasteiger partial charge is 0.258 e. The summed E-state index contributed by atoms with van der Waals surface area (Å²) < 4.78 is 0. The second-order valence-electron chi connectivity index (χ2n) is 4.43.